The van der Waals surface area contributed by atoms with Gasteiger partial charge >= 0.3 is 0 Å². The number of nitrogens with one attached hydrogen (secondary N) is 2. The van der Waals surface area contributed by atoms with Gasteiger partial charge in [-0.05, 0) is 101 Å². The molecule has 0 atom stereocenters. The summed E-state index contributed by atoms with van der Waals surface area (Å²) in [4.78, 5) is 0. The third-order valence-corrected chi connectivity index (χ3v) is 9.26. The zero-order valence-corrected chi connectivity index (χ0v) is 39.2. The van der Waals surface area contributed by atoms with Crippen LogP contribution in [-0.2, 0) is 9.47 Å². The Balaban J connectivity index is -0.000000127. The molecule has 322 valence electrons. The lowest BCUT2D eigenvalue weighted by atomic mass is 9.87. The zero-order valence-electron chi connectivity index (χ0n) is 39.2. The van der Waals surface area contributed by atoms with Gasteiger partial charge in [-0.15, -0.1) is 13.2 Å². The Labute approximate surface area is 338 Å². The first-order valence-corrected chi connectivity index (χ1v) is 22.4. The van der Waals surface area contributed by atoms with Gasteiger partial charge in [0.1, 0.15) is 0 Å². The molecular formula is C49H104N2O2. The molecule has 5 rings (SSSR count). The van der Waals surface area contributed by atoms with Crippen LogP contribution in [0.1, 0.15) is 196 Å². The molecule has 0 unspecified atom stereocenters. The fraction of sp³-hybridized carbons (Fsp3) is 0.837. The largest absolute Gasteiger partial charge is 0.347 e. The highest BCUT2D eigenvalue weighted by Gasteiger charge is 2.37. The Morgan fingerprint density at radius 2 is 1.04 bits per heavy atom. The maximum atomic E-state index is 5.64. The van der Waals surface area contributed by atoms with Gasteiger partial charge in [0, 0.05) is 19.4 Å². The number of hydrogen-bond donors (Lipinski definition) is 2. The lowest BCUT2D eigenvalue weighted by molar-refractivity contribution is -0.161. The van der Waals surface area contributed by atoms with Gasteiger partial charge in [0.25, 0.3) is 0 Å². The van der Waals surface area contributed by atoms with Crippen molar-refractivity contribution >= 4 is 0 Å². The van der Waals surface area contributed by atoms with E-state index in [9.17, 15) is 0 Å². The maximum absolute atomic E-state index is 5.64. The van der Waals surface area contributed by atoms with Gasteiger partial charge in [-0.1, -0.05) is 167 Å². The summed E-state index contributed by atoms with van der Waals surface area (Å²) < 4.78 is 11.3. The van der Waals surface area contributed by atoms with Crippen LogP contribution in [0.25, 0.3) is 0 Å². The fourth-order valence-corrected chi connectivity index (χ4v) is 6.17. The molecular weight excluding hydrogens is 649 g/mol. The zero-order chi connectivity index (χ0) is 41.4. The first-order valence-electron chi connectivity index (χ1n) is 22.4. The molecule has 0 amide bonds. The van der Waals surface area contributed by atoms with Crippen LogP contribution in [0.2, 0.25) is 0 Å². The molecule has 4 nitrogen and oxygen atoms in total. The Hall–Kier alpha value is -1.20. The molecule has 0 saturated carbocycles. The van der Waals surface area contributed by atoms with Crippen LogP contribution in [0.3, 0.4) is 0 Å². The van der Waals surface area contributed by atoms with Crippen LogP contribution >= 0.6 is 0 Å². The second kappa shape index (κ2) is 47.0. The van der Waals surface area contributed by atoms with Crippen LogP contribution < -0.4 is 10.6 Å². The van der Waals surface area contributed by atoms with Crippen molar-refractivity contribution in [3.63, 3.8) is 0 Å². The molecule has 2 aliphatic carbocycles. The van der Waals surface area contributed by atoms with E-state index in [1.165, 1.54) is 64.6 Å². The van der Waals surface area contributed by atoms with E-state index in [-0.39, 0.29) is 13.2 Å². The van der Waals surface area contributed by atoms with Crippen LogP contribution in [0.5, 0.6) is 0 Å². The van der Waals surface area contributed by atoms with E-state index in [0.29, 0.717) is 5.92 Å². The van der Waals surface area contributed by atoms with Gasteiger partial charge < -0.3 is 20.1 Å². The number of hydrogen-bond acceptors (Lipinski definition) is 4. The minimum atomic E-state index is -0.238. The van der Waals surface area contributed by atoms with Crippen LogP contribution in [0, 0.1) is 29.6 Å². The average molecular weight is 753 g/mol. The van der Waals surface area contributed by atoms with Gasteiger partial charge in [0.05, 0.1) is 13.2 Å². The molecule has 0 radical (unpaired) electrons. The molecule has 2 N–H and O–H groups in total. The SMILES string of the molecule is C.C=C.CC.CC.CC.CC.CC.CC(C)C1=CCC2(CC1)OCCO2.CC(C)C1=CCCCC1.CC(C)C1=CCNCC1.CC(C)C1CCNCC1. The third-order valence-electron chi connectivity index (χ3n) is 9.26. The van der Waals surface area contributed by atoms with Gasteiger partial charge in [-0.2, -0.15) is 0 Å². The summed E-state index contributed by atoms with van der Waals surface area (Å²) in [5.41, 5.74) is 4.86. The lowest BCUT2D eigenvalue weighted by Gasteiger charge is -2.31. The standard InChI is InChI=1S/C11H18O2.C9H16.C8H17N.C8H15N.5C2H6.C2H4.CH4/c1-9(2)10-3-5-11(6-4-10)12-7-8-13-11;1-8(2)9-6-4-3-5-7-9;2*1-7(2)8-3-5-9-6-4-8;6*1-2;/h3,9H,4-8H2,1-2H3;6,8H,3-5,7H2,1-2H3;7-9H,3-6H2,1-2H3;3,7,9H,4-6H2,1-2H3;5*1-2H3;1-2H2;1H4. The summed E-state index contributed by atoms with van der Waals surface area (Å²) in [6, 6.07) is 0. The van der Waals surface area contributed by atoms with Crippen molar-refractivity contribution in [2.24, 2.45) is 29.6 Å². The van der Waals surface area contributed by atoms with E-state index >= 15 is 0 Å². The molecule has 0 bridgehead atoms. The van der Waals surface area contributed by atoms with Crippen LogP contribution in [0.15, 0.2) is 48.1 Å². The van der Waals surface area contributed by atoms with Gasteiger partial charge in [-0.25, -0.2) is 0 Å². The van der Waals surface area contributed by atoms with Gasteiger partial charge in [0.2, 0.25) is 0 Å². The summed E-state index contributed by atoms with van der Waals surface area (Å²) in [6.07, 6.45) is 19.7. The first-order chi connectivity index (χ1) is 25.1. The molecule has 0 aromatic carbocycles. The molecule has 2 saturated heterocycles. The van der Waals surface area contributed by atoms with Crippen molar-refractivity contribution in [1.82, 2.24) is 10.6 Å². The molecule has 2 fully saturated rings. The number of piperidine rings is 1. The molecule has 5 aliphatic rings. The molecule has 3 aliphatic heterocycles. The number of ether oxygens (including phenoxy) is 2. The molecule has 1 spiro atoms. The molecule has 4 heteroatoms. The smallest absolute Gasteiger partial charge is 0.172 e. The quantitative estimate of drug-likeness (QED) is 0.281. The highest BCUT2D eigenvalue weighted by Crippen LogP contribution is 2.36. The summed E-state index contributed by atoms with van der Waals surface area (Å²) in [6.45, 7) is 50.5. The maximum Gasteiger partial charge on any atom is 0.172 e. The third kappa shape index (κ3) is 33.8. The van der Waals surface area contributed by atoms with E-state index in [1.54, 1.807) is 16.7 Å². The Kier molecular flexibility index (Phi) is 56.5. The van der Waals surface area contributed by atoms with Crippen LogP contribution in [0.4, 0.5) is 0 Å². The summed E-state index contributed by atoms with van der Waals surface area (Å²) in [5, 5.41) is 6.66. The van der Waals surface area contributed by atoms with E-state index in [0.717, 1.165) is 62.7 Å². The molecule has 0 aromatic rings. The number of allylic oxidation sites excluding steroid dienone is 3. The van der Waals surface area contributed by atoms with Crippen molar-refractivity contribution < 1.29 is 9.47 Å². The van der Waals surface area contributed by atoms with E-state index in [4.69, 9.17) is 9.47 Å². The number of rotatable bonds is 4. The lowest BCUT2D eigenvalue weighted by Crippen LogP contribution is -2.32. The average Bonchev–Trinajstić information content (AvgIpc) is 3.68. The van der Waals surface area contributed by atoms with Crippen molar-refractivity contribution in [2.45, 2.75) is 202 Å². The second-order valence-electron chi connectivity index (χ2n) is 13.6. The van der Waals surface area contributed by atoms with E-state index < -0.39 is 0 Å². The Morgan fingerprint density at radius 3 is 1.32 bits per heavy atom. The summed E-state index contributed by atoms with van der Waals surface area (Å²) >= 11 is 0. The Bertz CT molecular complexity index is 752. The van der Waals surface area contributed by atoms with Crippen molar-refractivity contribution in [3.05, 3.63) is 48.1 Å². The van der Waals surface area contributed by atoms with E-state index in [2.05, 4.69) is 97.4 Å². The first kappa shape index (κ1) is 63.7. The minimum absolute atomic E-state index is 0. The Morgan fingerprint density at radius 1 is 0.585 bits per heavy atom. The second-order valence-corrected chi connectivity index (χ2v) is 13.6. The van der Waals surface area contributed by atoms with Gasteiger partial charge in [0.15, 0.2) is 5.79 Å². The predicted molar refractivity (Wildman–Crippen MR) is 248 cm³/mol. The van der Waals surface area contributed by atoms with Crippen molar-refractivity contribution in [1.29, 1.82) is 0 Å². The fourth-order valence-electron chi connectivity index (χ4n) is 6.17. The highest BCUT2D eigenvalue weighted by molar-refractivity contribution is 5.11. The topological polar surface area (TPSA) is 42.5 Å². The molecule has 3 heterocycles. The van der Waals surface area contributed by atoms with Crippen molar-refractivity contribution in [2.75, 3.05) is 39.4 Å². The normalized spacial score (nSPS) is 18.0. The van der Waals surface area contributed by atoms with E-state index in [1.807, 2.05) is 69.2 Å². The summed E-state index contributed by atoms with van der Waals surface area (Å²) in [5.74, 6) is 3.88. The molecule has 53 heavy (non-hydrogen) atoms. The molecule has 0 aromatic heterocycles. The van der Waals surface area contributed by atoms with Crippen LogP contribution in [-0.4, -0.2) is 45.2 Å². The monoisotopic (exact) mass is 753 g/mol. The highest BCUT2D eigenvalue weighted by atomic mass is 16.7. The predicted octanol–water partition coefficient (Wildman–Crippen LogP) is 15.4. The minimum Gasteiger partial charge on any atom is -0.347 e. The van der Waals surface area contributed by atoms with Gasteiger partial charge in [-0.3, -0.25) is 0 Å². The summed E-state index contributed by atoms with van der Waals surface area (Å²) in [7, 11) is 0. The van der Waals surface area contributed by atoms with Crippen molar-refractivity contribution in [3.8, 4) is 0 Å².